The van der Waals surface area contributed by atoms with Gasteiger partial charge in [0, 0.05) is 11.6 Å². The van der Waals surface area contributed by atoms with Gasteiger partial charge in [-0.15, -0.1) is 0 Å². The van der Waals surface area contributed by atoms with Crippen LogP contribution in [0.5, 0.6) is 0 Å². The number of amides is 2. The monoisotopic (exact) mass is 278 g/mol. The summed E-state index contributed by atoms with van der Waals surface area (Å²) >= 11 is 0. The lowest BCUT2D eigenvalue weighted by atomic mass is 9.63. The highest BCUT2D eigenvalue weighted by molar-refractivity contribution is 5.75. The molecule has 4 fully saturated rings. The first-order valence-corrected chi connectivity index (χ1v) is 8.26. The van der Waals surface area contributed by atoms with Gasteiger partial charge < -0.3 is 15.7 Å². The van der Waals surface area contributed by atoms with Crippen LogP contribution in [-0.2, 0) is 0 Å². The molecule has 4 nitrogen and oxygen atoms in total. The van der Waals surface area contributed by atoms with Crippen molar-refractivity contribution < 1.29 is 9.90 Å². The van der Waals surface area contributed by atoms with E-state index in [1.54, 1.807) is 0 Å². The molecule has 2 amide bonds. The van der Waals surface area contributed by atoms with Crippen LogP contribution in [0, 0.1) is 17.8 Å². The van der Waals surface area contributed by atoms with E-state index in [4.69, 9.17) is 0 Å². The first-order chi connectivity index (χ1) is 9.45. The molecular formula is C16H26N2O2. The van der Waals surface area contributed by atoms with Gasteiger partial charge in [-0.05, 0) is 76.0 Å². The normalized spacial score (nSPS) is 52.5. The predicted molar refractivity (Wildman–Crippen MR) is 76.2 cm³/mol. The van der Waals surface area contributed by atoms with Crippen LogP contribution in [0.1, 0.15) is 58.3 Å². The SMILES string of the molecule is CC1(O)CCC(NC(=O)NC23CC4CC(C2)C4C3)CC1. The minimum Gasteiger partial charge on any atom is -0.390 e. The molecule has 0 aromatic rings. The highest BCUT2D eigenvalue weighted by atomic mass is 16.3. The second-order valence-electron chi connectivity index (χ2n) is 8.18. The van der Waals surface area contributed by atoms with Crippen LogP contribution in [0.15, 0.2) is 0 Å². The molecule has 112 valence electrons. The summed E-state index contributed by atoms with van der Waals surface area (Å²) in [5.74, 6) is 2.72. The lowest BCUT2D eigenvalue weighted by Crippen LogP contribution is -2.55. The van der Waals surface area contributed by atoms with Gasteiger partial charge in [0.1, 0.15) is 0 Å². The summed E-state index contributed by atoms with van der Waals surface area (Å²) < 4.78 is 0. The number of aliphatic hydroxyl groups is 1. The molecule has 2 bridgehead atoms. The van der Waals surface area contributed by atoms with E-state index in [1.807, 2.05) is 6.92 Å². The number of carbonyl (C=O) groups excluding carboxylic acids is 1. The number of fused-ring (bicyclic) bond motifs is 1. The fraction of sp³-hybridized carbons (Fsp3) is 0.938. The molecule has 4 saturated carbocycles. The summed E-state index contributed by atoms with van der Waals surface area (Å²) in [6.45, 7) is 1.89. The summed E-state index contributed by atoms with van der Waals surface area (Å²) in [6, 6.07) is 0.262. The molecule has 0 saturated heterocycles. The van der Waals surface area contributed by atoms with E-state index >= 15 is 0 Å². The minimum atomic E-state index is -0.529. The van der Waals surface area contributed by atoms with Gasteiger partial charge in [0.25, 0.3) is 0 Å². The molecule has 4 aliphatic rings. The molecule has 0 aliphatic heterocycles. The maximum Gasteiger partial charge on any atom is 0.315 e. The number of hydrogen-bond acceptors (Lipinski definition) is 2. The number of rotatable bonds is 2. The van der Waals surface area contributed by atoms with Crippen molar-refractivity contribution in [3.8, 4) is 0 Å². The zero-order valence-corrected chi connectivity index (χ0v) is 12.3. The van der Waals surface area contributed by atoms with Crippen LogP contribution in [-0.4, -0.2) is 28.3 Å². The van der Waals surface area contributed by atoms with Gasteiger partial charge in [-0.25, -0.2) is 4.79 Å². The zero-order chi connectivity index (χ0) is 14.0. The number of hydrogen-bond donors (Lipinski definition) is 3. The molecule has 4 aliphatic carbocycles. The standard InChI is InChI=1S/C16H26N2O2/c1-15(20)4-2-12(3-5-15)17-14(19)18-16-7-10-6-11(8-16)13(10)9-16/h10-13,20H,2-9H2,1H3,(H2,17,18,19). The van der Waals surface area contributed by atoms with E-state index < -0.39 is 5.60 Å². The van der Waals surface area contributed by atoms with E-state index in [-0.39, 0.29) is 17.6 Å². The van der Waals surface area contributed by atoms with Gasteiger partial charge in [-0.3, -0.25) is 0 Å². The maximum atomic E-state index is 12.2. The summed E-state index contributed by atoms with van der Waals surface area (Å²) in [4.78, 5) is 12.2. The van der Waals surface area contributed by atoms with Gasteiger partial charge in [0.2, 0.25) is 0 Å². The molecule has 0 radical (unpaired) electrons. The third-order valence-corrected chi connectivity index (χ3v) is 6.53. The third-order valence-electron chi connectivity index (χ3n) is 6.53. The molecule has 2 atom stereocenters. The highest BCUT2D eigenvalue weighted by Gasteiger charge is 2.62. The molecule has 4 rings (SSSR count). The molecule has 4 heteroatoms. The number of nitrogens with one attached hydrogen (secondary N) is 2. The van der Waals surface area contributed by atoms with Crippen molar-refractivity contribution in [1.82, 2.24) is 10.6 Å². The Hall–Kier alpha value is -0.770. The Balaban J connectivity index is 1.29. The molecule has 0 aromatic heterocycles. The fourth-order valence-corrected chi connectivity index (χ4v) is 5.43. The Morgan fingerprint density at radius 1 is 1.15 bits per heavy atom. The molecule has 2 unspecified atom stereocenters. The van der Waals surface area contributed by atoms with Crippen molar-refractivity contribution in [1.29, 1.82) is 0 Å². The summed E-state index contributed by atoms with van der Waals surface area (Å²) in [5, 5.41) is 16.4. The van der Waals surface area contributed by atoms with Crippen molar-refractivity contribution in [3.63, 3.8) is 0 Å². The van der Waals surface area contributed by atoms with Crippen molar-refractivity contribution >= 4 is 6.03 Å². The van der Waals surface area contributed by atoms with Crippen molar-refractivity contribution in [2.45, 2.75) is 75.5 Å². The van der Waals surface area contributed by atoms with Gasteiger partial charge in [0.05, 0.1) is 5.60 Å². The van der Waals surface area contributed by atoms with Crippen LogP contribution in [0.25, 0.3) is 0 Å². The van der Waals surface area contributed by atoms with E-state index in [2.05, 4.69) is 10.6 Å². The number of carbonyl (C=O) groups is 1. The first kappa shape index (κ1) is 12.9. The van der Waals surface area contributed by atoms with Crippen LogP contribution in [0.3, 0.4) is 0 Å². The molecular weight excluding hydrogens is 252 g/mol. The molecule has 0 aromatic carbocycles. The predicted octanol–water partition coefficient (Wildman–Crippen LogP) is 2.17. The molecule has 0 heterocycles. The average Bonchev–Trinajstić information content (AvgIpc) is 2.80. The largest absolute Gasteiger partial charge is 0.390 e. The Morgan fingerprint density at radius 2 is 1.80 bits per heavy atom. The Bertz CT molecular complexity index is 407. The van der Waals surface area contributed by atoms with Gasteiger partial charge in [-0.1, -0.05) is 0 Å². The Morgan fingerprint density at radius 3 is 2.35 bits per heavy atom. The van der Waals surface area contributed by atoms with E-state index in [9.17, 15) is 9.90 Å². The van der Waals surface area contributed by atoms with Crippen molar-refractivity contribution in [2.24, 2.45) is 17.8 Å². The van der Waals surface area contributed by atoms with Crippen molar-refractivity contribution in [3.05, 3.63) is 0 Å². The Kier molecular flexibility index (Phi) is 2.67. The van der Waals surface area contributed by atoms with E-state index in [0.29, 0.717) is 0 Å². The van der Waals surface area contributed by atoms with Gasteiger partial charge in [0.15, 0.2) is 0 Å². The van der Waals surface area contributed by atoms with Crippen LogP contribution < -0.4 is 10.6 Å². The topological polar surface area (TPSA) is 61.4 Å². The highest BCUT2D eigenvalue weighted by Crippen LogP contribution is 2.65. The van der Waals surface area contributed by atoms with Crippen molar-refractivity contribution in [2.75, 3.05) is 0 Å². The minimum absolute atomic E-state index is 0.0264. The lowest BCUT2D eigenvalue weighted by Gasteiger charge is -2.45. The molecule has 3 N–H and O–H groups in total. The Labute approximate surface area is 120 Å². The van der Waals surface area contributed by atoms with E-state index in [0.717, 1.165) is 43.4 Å². The second-order valence-corrected chi connectivity index (χ2v) is 8.18. The quantitative estimate of drug-likeness (QED) is 0.725. The fourth-order valence-electron chi connectivity index (χ4n) is 5.43. The second kappa shape index (κ2) is 4.12. The van der Waals surface area contributed by atoms with Crippen LogP contribution in [0.4, 0.5) is 4.79 Å². The van der Waals surface area contributed by atoms with Gasteiger partial charge in [-0.2, -0.15) is 0 Å². The smallest absolute Gasteiger partial charge is 0.315 e. The van der Waals surface area contributed by atoms with Crippen LogP contribution >= 0.6 is 0 Å². The zero-order valence-electron chi connectivity index (χ0n) is 12.3. The summed E-state index contributed by atoms with van der Waals surface area (Å²) in [6.07, 6.45) is 8.40. The first-order valence-electron chi connectivity index (χ1n) is 8.26. The molecule has 0 spiro atoms. The average molecular weight is 278 g/mol. The number of urea groups is 1. The van der Waals surface area contributed by atoms with E-state index in [1.165, 1.54) is 25.7 Å². The maximum absolute atomic E-state index is 12.2. The summed E-state index contributed by atoms with van der Waals surface area (Å²) in [5.41, 5.74) is -0.402. The third kappa shape index (κ3) is 2.03. The van der Waals surface area contributed by atoms with Crippen LogP contribution in [0.2, 0.25) is 0 Å². The lowest BCUT2D eigenvalue weighted by molar-refractivity contribution is 0.0149. The molecule has 20 heavy (non-hydrogen) atoms. The summed E-state index contributed by atoms with van der Waals surface area (Å²) in [7, 11) is 0. The van der Waals surface area contributed by atoms with Gasteiger partial charge >= 0.3 is 6.03 Å².